The number of hydrogen-bond donors (Lipinski definition) is 1. The van der Waals surface area contributed by atoms with Gasteiger partial charge in [-0.25, -0.2) is 0 Å². The van der Waals surface area contributed by atoms with E-state index in [-0.39, 0.29) is 48.3 Å². The highest BCUT2D eigenvalue weighted by molar-refractivity contribution is 5.96. The predicted molar refractivity (Wildman–Crippen MR) is 154 cm³/mol. The number of piperidine rings is 1. The second kappa shape index (κ2) is 11.2. The molecule has 6 rings (SSSR count). The first-order valence-electron chi connectivity index (χ1n) is 16.0. The summed E-state index contributed by atoms with van der Waals surface area (Å²) in [4.78, 5) is 39.2. The summed E-state index contributed by atoms with van der Waals surface area (Å²) in [5, 5.41) is 11.5. The van der Waals surface area contributed by atoms with Crippen molar-refractivity contribution < 1.29 is 46.2 Å². The lowest BCUT2D eigenvalue weighted by Gasteiger charge is -2.57. The third-order valence-electron chi connectivity index (χ3n) is 12.0. The van der Waals surface area contributed by atoms with Crippen LogP contribution in [0, 0.1) is 35.0 Å². The minimum absolute atomic E-state index is 0.0318. The van der Waals surface area contributed by atoms with Gasteiger partial charge in [-0.1, -0.05) is 30.7 Å². The first-order valence-corrected chi connectivity index (χ1v) is 16.0. The number of alkyl halides is 5. The van der Waals surface area contributed by atoms with E-state index in [1.54, 1.807) is 17.1 Å². The van der Waals surface area contributed by atoms with Crippen LogP contribution in [0.1, 0.15) is 71.1 Å². The van der Waals surface area contributed by atoms with Crippen molar-refractivity contribution >= 4 is 17.7 Å². The van der Waals surface area contributed by atoms with Crippen molar-refractivity contribution in [3.8, 4) is 0 Å². The smallest absolute Gasteiger partial charge is 0.456 e. The first-order chi connectivity index (χ1) is 21.1. The van der Waals surface area contributed by atoms with Crippen molar-refractivity contribution in [1.29, 1.82) is 0 Å². The van der Waals surface area contributed by atoms with E-state index in [2.05, 4.69) is 0 Å². The number of likely N-dealkylation sites (tertiary alicyclic amines) is 1. The van der Waals surface area contributed by atoms with Crippen molar-refractivity contribution in [3.05, 3.63) is 46.6 Å². The summed E-state index contributed by atoms with van der Waals surface area (Å²) in [7, 11) is 1.34. The highest BCUT2D eigenvalue weighted by Crippen LogP contribution is 2.70. The van der Waals surface area contributed by atoms with Crippen LogP contribution in [0.15, 0.2) is 46.6 Å². The van der Waals surface area contributed by atoms with Gasteiger partial charge >= 0.3 is 18.1 Å². The number of fused-ring (bicyclic) bond motifs is 4. The van der Waals surface area contributed by atoms with Crippen molar-refractivity contribution in [2.24, 2.45) is 35.0 Å². The molecule has 0 aromatic heterocycles. The van der Waals surface area contributed by atoms with Gasteiger partial charge in [-0.15, -0.1) is 0 Å². The van der Waals surface area contributed by atoms with E-state index in [1.165, 1.54) is 14.0 Å². The van der Waals surface area contributed by atoms with Crippen LogP contribution in [0.5, 0.6) is 0 Å². The van der Waals surface area contributed by atoms with Gasteiger partial charge in [-0.05, 0) is 98.7 Å². The van der Waals surface area contributed by atoms with E-state index in [4.69, 9.17) is 4.74 Å². The van der Waals surface area contributed by atoms with Crippen LogP contribution in [-0.2, 0) is 19.1 Å². The van der Waals surface area contributed by atoms with Gasteiger partial charge in [0, 0.05) is 30.5 Å². The molecule has 3 unspecified atom stereocenters. The largest absolute Gasteiger partial charge is 0.469 e. The Hall–Kier alpha value is -2.82. The fourth-order valence-electron chi connectivity index (χ4n) is 9.62. The van der Waals surface area contributed by atoms with Crippen LogP contribution >= 0.6 is 0 Å². The zero-order chi connectivity index (χ0) is 32.5. The zero-order valence-electron chi connectivity index (χ0n) is 25.6. The van der Waals surface area contributed by atoms with E-state index in [0.29, 0.717) is 63.6 Å². The topological polar surface area (TPSA) is 83.9 Å². The SMILES string of the molecule is COC(=O)C1CCN(C(=O)C2=CCC([C@H]3CC4(C)[C@@H](CC[C@@]4(O)C(F)(F)C(F)(F)F)C4CCC5=CC(=O)CCC5=C43)C=C2)CC1. The van der Waals surface area contributed by atoms with E-state index in [9.17, 15) is 32.7 Å². The van der Waals surface area contributed by atoms with E-state index in [0.717, 1.165) is 16.7 Å². The van der Waals surface area contributed by atoms with Crippen LogP contribution < -0.4 is 0 Å². The Morgan fingerprint density at radius 2 is 1.73 bits per heavy atom. The minimum atomic E-state index is -5.89. The van der Waals surface area contributed by atoms with Gasteiger partial charge in [0.05, 0.1) is 13.0 Å². The third-order valence-corrected chi connectivity index (χ3v) is 12.0. The molecule has 1 saturated heterocycles. The van der Waals surface area contributed by atoms with Gasteiger partial charge in [0.1, 0.15) is 5.60 Å². The first kappa shape index (κ1) is 32.1. The molecule has 6 nitrogen and oxygen atoms in total. The van der Waals surface area contributed by atoms with Gasteiger partial charge in [-0.3, -0.25) is 14.4 Å². The number of esters is 1. The number of halogens is 5. The molecule has 246 valence electrons. The highest BCUT2D eigenvalue weighted by Gasteiger charge is 2.79. The molecule has 2 saturated carbocycles. The summed E-state index contributed by atoms with van der Waals surface area (Å²) >= 11 is 0. The molecule has 3 fully saturated rings. The van der Waals surface area contributed by atoms with E-state index in [1.807, 2.05) is 12.2 Å². The van der Waals surface area contributed by atoms with Crippen LogP contribution in [0.4, 0.5) is 22.0 Å². The molecule has 11 heteroatoms. The maximum Gasteiger partial charge on any atom is 0.456 e. The van der Waals surface area contributed by atoms with Crippen molar-refractivity contribution in [3.63, 3.8) is 0 Å². The molecular formula is C34H40F5NO5. The molecule has 0 spiro atoms. The molecule has 1 heterocycles. The maximum absolute atomic E-state index is 15.2. The zero-order valence-corrected chi connectivity index (χ0v) is 25.6. The number of aliphatic hydroxyl groups is 1. The molecule has 1 N–H and O–H groups in total. The Bertz CT molecular complexity index is 1400. The fraction of sp³-hybridized carbons (Fsp3) is 0.676. The Labute approximate surface area is 259 Å². The maximum atomic E-state index is 15.2. The average Bonchev–Trinajstić information content (AvgIpc) is 3.30. The van der Waals surface area contributed by atoms with Gasteiger partial charge in [0.25, 0.3) is 5.91 Å². The number of hydrogen-bond acceptors (Lipinski definition) is 5. The van der Waals surface area contributed by atoms with Crippen LogP contribution in [0.2, 0.25) is 0 Å². The molecule has 0 radical (unpaired) electrons. The summed E-state index contributed by atoms with van der Waals surface area (Å²) in [5.41, 5.74) is -1.46. The van der Waals surface area contributed by atoms with Crippen LogP contribution in [-0.4, -0.2) is 65.6 Å². The summed E-state index contributed by atoms with van der Waals surface area (Å²) in [5.74, 6) is -7.50. The van der Waals surface area contributed by atoms with E-state index < -0.39 is 41.4 Å². The van der Waals surface area contributed by atoms with Gasteiger partial charge in [-0.2, -0.15) is 22.0 Å². The number of allylic oxidation sites excluding steroid dienone is 6. The number of carbonyl (C=O) groups is 3. The predicted octanol–water partition coefficient (Wildman–Crippen LogP) is 6.26. The summed E-state index contributed by atoms with van der Waals surface area (Å²) in [6, 6.07) is 0. The van der Waals surface area contributed by atoms with Gasteiger partial charge in [0.15, 0.2) is 5.78 Å². The Kier molecular flexibility index (Phi) is 7.97. The van der Waals surface area contributed by atoms with Gasteiger partial charge < -0.3 is 14.7 Å². The standard InChI is InChI=1S/C34H40F5NO5/c1-31-18-26(19-3-5-20(6-4-19)29(42)40-15-12-21(13-16-40)30(43)45-2)28-24-10-8-23(41)17-22(24)7-9-25(28)27(31)11-14-32(31,44)33(35,36)34(37,38)39/h3,5-6,17,19,21,25-27,44H,4,7-16,18H2,1-2H3/t19?,25?,26-,27+,31?,32+/m1/s1. The second-order valence-corrected chi connectivity index (χ2v) is 14.0. The molecule has 0 aromatic carbocycles. The number of ether oxygens (including phenoxy) is 1. The fourth-order valence-corrected chi connectivity index (χ4v) is 9.62. The molecule has 0 bridgehead atoms. The minimum Gasteiger partial charge on any atom is -0.469 e. The lowest BCUT2D eigenvalue weighted by atomic mass is 9.49. The number of carbonyl (C=O) groups excluding carboxylic acids is 3. The van der Waals surface area contributed by atoms with Crippen molar-refractivity contribution in [2.75, 3.05) is 20.2 Å². The number of ketones is 1. The lowest BCUT2D eigenvalue weighted by molar-refractivity contribution is -0.363. The molecule has 6 aliphatic rings. The van der Waals surface area contributed by atoms with Crippen molar-refractivity contribution in [2.45, 2.75) is 88.8 Å². The summed E-state index contributed by atoms with van der Waals surface area (Å²) in [6.07, 6.45) is 3.84. The molecule has 1 aliphatic heterocycles. The Balaban J connectivity index is 1.31. The molecule has 5 aliphatic carbocycles. The van der Waals surface area contributed by atoms with Crippen LogP contribution in [0.25, 0.3) is 0 Å². The monoisotopic (exact) mass is 637 g/mol. The molecule has 1 amide bonds. The normalized spacial score (nSPS) is 35.7. The third kappa shape index (κ3) is 4.93. The molecule has 45 heavy (non-hydrogen) atoms. The second-order valence-electron chi connectivity index (χ2n) is 14.0. The molecular weight excluding hydrogens is 597 g/mol. The van der Waals surface area contributed by atoms with Crippen molar-refractivity contribution in [1.82, 2.24) is 4.90 Å². The lowest BCUT2D eigenvalue weighted by Crippen LogP contribution is -2.65. The molecule has 6 atom stereocenters. The highest BCUT2D eigenvalue weighted by atomic mass is 19.4. The quantitative estimate of drug-likeness (QED) is 0.291. The Morgan fingerprint density at radius 1 is 1.02 bits per heavy atom. The average molecular weight is 638 g/mol. The number of amides is 1. The summed E-state index contributed by atoms with van der Waals surface area (Å²) in [6.45, 7) is 2.24. The van der Waals surface area contributed by atoms with Crippen LogP contribution in [0.3, 0.4) is 0 Å². The molecule has 0 aromatic rings. The number of nitrogens with zero attached hydrogens (tertiary/aromatic N) is 1. The van der Waals surface area contributed by atoms with Gasteiger partial charge in [0.2, 0.25) is 0 Å². The number of rotatable bonds is 4. The summed E-state index contributed by atoms with van der Waals surface area (Å²) < 4.78 is 76.7. The Morgan fingerprint density at radius 3 is 2.36 bits per heavy atom. The van der Waals surface area contributed by atoms with E-state index >= 15 is 8.78 Å². The number of methoxy groups -OCH3 is 1.